The number of carbonyl (C=O) groups is 3. The Balaban J connectivity index is 1.74. The molecule has 3 N–H and O–H groups in total. The molecule has 0 aliphatic rings. The van der Waals surface area contributed by atoms with Gasteiger partial charge in [-0.3, -0.25) is 9.59 Å². The summed E-state index contributed by atoms with van der Waals surface area (Å²) in [5.74, 6) is -1.03. The number of aldehydes is 1. The summed E-state index contributed by atoms with van der Waals surface area (Å²) in [4.78, 5) is 41.7. The Labute approximate surface area is 223 Å². The van der Waals surface area contributed by atoms with E-state index in [1.54, 1.807) is 20.9 Å². The highest BCUT2D eigenvalue weighted by Crippen LogP contribution is 2.31. The van der Waals surface area contributed by atoms with Gasteiger partial charge in [0.05, 0.1) is 30.6 Å². The molecule has 12 heteroatoms. The lowest BCUT2D eigenvalue weighted by Gasteiger charge is -2.26. The summed E-state index contributed by atoms with van der Waals surface area (Å²) >= 11 is 0. The summed E-state index contributed by atoms with van der Waals surface area (Å²) in [7, 11) is 1.61. The monoisotopic (exact) mass is 545 g/mol. The fraction of sp³-hybridized carbons (Fsp3) is 0.333. The normalized spacial score (nSPS) is 13.4. The smallest absolute Gasteiger partial charge is 0.374 e. The maximum absolute atomic E-state index is 13.1. The second-order valence-electron chi connectivity index (χ2n) is 9.30. The van der Waals surface area contributed by atoms with E-state index in [0.717, 1.165) is 17.7 Å². The van der Waals surface area contributed by atoms with Crippen LogP contribution in [0.5, 0.6) is 0 Å². The second kappa shape index (κ2) is 12.7. The molecular weight excluding hydrogens is 515 g/mol. The van der Waals surface area contributed by atoms with Crippen molar-refractivity contribution in [1.29, 1.82) is 0 Å². The number of likely N-dealkylation sites (N-methyl/N-ethyl adjacent to an activating group) is 1. The SMILES string of the molecule is CNC(C)(C)C(=O)NC(COCc1ccccc1)C(=O)Nc1cn(C(C=O)c2cccc(C(F)(F)F)c2)cn1. The largest absolute Gasteiger partial charge is 0.416 e. The van der Waals surface area contributed by atoms with Crippen molar-refractivity contribution in [2.75, 3.05) is 19.0 Å². The van der Waals surface area contributed by atoms with Crippen molar-refractivity contribution >= 4 is 23.9 Å². The average Bonchev–Trinajstić information content (AvgIpc) is 3.36. The quantitative estimate of drug-likeness (QED) is 0.301. The molecule has 208 valence electrons. The Morgan fingerprint density at radius 2 is 1.82 bits per heavy atom. The van der Waals surface area contributed by atoms with Crippen LogP contribution in [0.2, 0.25) is 0 Å². The summed E-state index contributed by atoms with van der Waals surface area (Å²) < 4.78 is 46.4. The minimum Gasteiger partial charge on any atom is -0.374 e. The molecule has 0 bridgehead atoms. The molecule has 39 heavy (non-hydrogen) atoms. The molecule has 0 radical (unpaired) electrons. The lowest BCUT2D eigenvalue weighted by atomic mass is 10.0. The van der Waals surface area contributed by atoms with E-state index in [4.69, 9.17) is 4.74 Å². The van der Waals surface area contributed by atoms with Gasteiger partial charge >= 0.3 is 6.18 Å². The van der Waals surface area contributed by atoms with E-state index >= 15 is 0 Å². The number of carbonyl (C=O) groups excluding carboxylic acids is 3. The highest BCUT2D eigenvalue weighted by molar-refractivity contribution is 5.98. The summed E-state index contributed by atoms with van der Waals surface area (Å²) in [5.41, 5.74) is -0.878. The van der Waals surface area contributed by atoms with E-state index in [2.05, 4.69) is 20.9 Å². The van der Waals surface area contributed by atoms with Crippen LogP contribution in [-0.4, -0.2) is 52.9 Å². The van der Waals surface area contributed by atoms with Crippen molar-refractivity contribution < 1.29 is 32.3 Å². The van der Waals surface area contributed by atoms with Gasteiger partial charge in [0.2, 0.25) is 5.91 Å². The van der Waals surface area contributed by atoms with Crippen LogP contribution < -0.4 is 16.0 Å². The number of hydrogen-bond donors (Lipinski definition) is 3. The number of nitrogens with zero attached hydrogens (tertiary/aromatic N) is 2. The molecule has 0 aliphatic carbocycles. The Kier molecular flexibility index (Phi) is 9.60. The van der Waals surface area contributed by atoms with Crippen LogP contribution in [0.15, 0.2) is 67.1 Å². The van der Waals surface area contributed by atoms with Gasteiger partial charge in [-0.05, 0) is 44.2 Å². The zero-order chi connectivity index (χ0) is 28.6. The summed E-state index contributed by atoms with van der Waals surface area (Å²) in [6.07, 6.45) is -1.55. The molecule has 0 spiro atoms. The van der Waals surface area contributed by atoms with Crippen molar-refractivity contribution in [2.24, 2.45) is 0 Å². The minimum atomic E-state index is -4.57. The molecule has 0 saturated carbocycles. The van der Waals surface area contributed by atoms with Gasteiger partial charge in [-0.15, -0.1) is 0 Å². The van der Waals surface area contributed by atoms with Gasteiger partial charge in [-0.2, -0.15) is 13.2 Å². The lowest BCUT2D eigenvalue weighted by Crippen LogP contribution is -2.57. The molecule has 2 unspecified atom stereocenters. The topological polar surface area (TPSA) is 114 Å². The van der Waals surface area contributed by atoms with Gasteiger partial charge in [0, 0.05) is 6.20 Å². The molecule has 2 atom stereocenters. The van der Waals surface area contributed by atoms with Gasteiger partial charge < -0.3 is 30.0 Å². The van der Waals surface area contributed by atoms with E-state index in [9.17, 15) is 27.6 Å². The van der Waals surface area contributed by atoms with Gasteiger partial charge in [0.1, 0.15) is 18.4 Å². The first-order valence-electron chi connectivity index (χ1n) is 12.0. The number of ether oxygens (including phenoxy) is 1. The van der Waals surface area contributed by atoms with Crippen molar-refractivity contribution in [1.82, 2.24) is 20.2 Å². The molecule has 3 aromatic rings. The standard InChI is InChI=1S/C27H30F3N5O4/c1-26(2,31-3)25(38)33-21(16-39-15-18-8-5-4-6-9-18)24(37)34-23-13-35(17-32-23)22(14-36)19-10-7-11-20(12-19)27(28,29)30/h4-14,17,21-22,31H,15-16H2,1-3H3,(H,33,38)(H,34,37). The number of amides is 2. The van der Waals surface area contributed by atoms with Crippen LogP contribution in [0.3, 0.4) is 0 Å². The number of benzene rings is 2. The number of nitrogens with one attached hydrogen (secondary N) is 3. The van der Waals surface area contributed by atoms with E-state index in [1.807, 2.05) is 30.3 Å². The number of rotatable bonds is 12. The minimum absolute atomic E-state index is 0.0361. The van der Waals surface area contributed by atoms with Gasteiger partial charge in [0.25, 0.3) is 5.91 Å². The average molecular weight is 546 g/mol. The molecule has 1 aromatic heterocycles. The van der Waals surface area contributed by atoms with Crippen LogP contribution in [0.4, 0.5) is 19.0 Å². The van der Waals surface area contributed by atoms with E-state index < -0.39 is 41.2 Å². The number of aromatic nitrogens is 2. The lowest BCUT2D eigenvalue weighted by molar-refractivity contribution is -0.137. The Morgan fingerprint density at radius 1 is 1.10 bits per heavy atom. The van der Waals surface area contributed by atoms with Crippen LogP contribution in [0.25, 0.3) is 0 Å². The number of hydrogen-bond acceptors (Lipinski definition) is 6. The molecule has 9 nitrogen and oxygen atoms in total. The van der Waals surface area contributed by atoms with Crippen LogP contribution in [-0.2, 0) is 31.9 Å². The third-order valence-corrected chi connectivity index (χ3v) is 6.07. The van der Waals surface area contributed by atoms with E-state index in [1.165, 1.54) is 29.2 Å². The zero-order valence-electron chi connectivity index (χ0n) is 21.7. The third-order valence-electron chi connectivity index (χ3n) is 6.07. The Morgan fingerprint density at radius 3 is 2.46 bits per heavy atom. The first kappa shape index (κ1) is 29.5. The molecule has 0 fully saturated rings. The zero-order valence-corrected chi connectivity index (χ0v) is 21.7. The summed E-state index contributed by atoms with van der Waals surface area (Å²) in [6, 6.07) is 11.5. The van der Waals surface area contributed by atoms with Gasteiger partial charge in [-0.1, -0.05) is 42.5 Å². The molecule has 0 aliphatic heterocycles. The Hall–Kier alpha value is -4.03. The van der Waals surface area contributed by atoms with Crippen LogP contribution in [0, 0.1) is 0 Å². The van der Waals surface area contributed by atoms with E-state index in [0.29, 0.717) is 6.29 Å². The highest BCUT2D eigenvalue weighted by Gasteiger charge is 2.32. The highest BCUT2D eigenvalue weighted by atomic mass is 19.4. The van der Waals surface area contributed by atoms with Crippen molar-refractivity contribution in [3.63, 3.8) is 0 Å². The molecular formula is C27H30F3N5O4. The van der Waals surface area contributed by atoms with Crippen LogP contribution >= 0.6 is 0 Å². The number of halogens is 3. The van der Waals surface area contributed by atoms with Gasteiger partial charge in [-0.25, -0.2) is 4.98 Å². The Bertz CT molecular complexity index is 1280. The molecule has 1 heterocycles. The first-order chi connectivity index (χ1) is 18.4. The third kappa shape index (κ3) is 7.98. The second-order valence-corrected chi connectivity index (χ2v) is 9.30. The molecule has 3 rings (SSSR count). The first-order valence-corrected chi connectivity index (χ1v) is 12.0. The number of imidazole rings is 1. The number of alkyl halides is 3. The predicted octanol–water partition coefficient (Wildman–Crippen LogP) is 3.33. The van der Waals surface area contributed by atoms with Crippen LogP contribution in [0.1, 0.15) is 36.6 Å². The van der Waals surface area contributed by atoms with E-state index in [-0.39, 0.29) is 24.6 Å². The van der Waals surface area contributed by atoms with Gasteiger partial charge in [0.15, 0.2) is 5.82 Å². The van der Waals surface area contributed by atoms with Crippen molar-refractivity contribution in [3.8, 4) is 0 Å². The summed E-state index contributed by atoms with van der Waals surface area (Å²) in [6.45, 7) is 3.37. The van der Waals surface area contributed by atoms with Crippen molar-refractivity contribution in [2.45, 2.75) is 44.3 Å². The maximum atomic E-state index is 13.1. The fourth-order valence-electron chi connectivity index (χ4n) is 3.49. The molecule has 0 saturated heterocycles. The molecule has 2 amide bonds. The maximum Gasteiger partial charge on any atom is 0.416 e. The predicted molar refractivity (Wildman–Crippen MR) is 138 cm³/mol. The van der Waals surface area contributed by atoms with Crippen molar-refractivity contribution in [3.05, 3.63) is 83.8 Å². The fourth-order valence-corrected chi connectivity index (χ4v) is 3.49. The summed E-state index contributed by atoms with van der Waals surface area (Å²) in [5, 5.41) is 8.10. The number of anilines is 1. The molecule has 2 aromatic carbocycles.